The number of hydrogen-bond acceptors (Lipinski definition) is 4. The molecule has 5 nitrogen and oxygen atoms in total. The van der Waals surface area contributed by atoms with Crippen LogP contribution in [0.25, 0.3) is 0 Å². The average Bonchev–Trinajstić information content (AvgIpc) is 2.56. The molecule has 0 aliphatic carbocycles. The molecule has 0 unspecified atom stereocenters. The molecule has 3 N–H and O–H groups in total. The van der Waals surface area contributed by atoms with Crippen molar-refractivity contribution in [3.05, 3.63) is 54.2 Å². The molecular formula is C16H20N4O. The van der Waals surface area contributed by atoms with Crippen LogP contribution in [0.4, 0.5) is 11.5 Å². The van der Waals surface area contributed by atoms with E-state index in [0.717, 1.165) is 30.9 Å². The fourth-order valence-corrected chi connectivity index (χ4v) is 2.07. The van der Waals surface area contributed by atoms with Crippen molar-refractivity contribution in [2.45, 2.75) is 19.8 Å². The first-order valence-electron chi connectivity index (χ1n) is 7.03. The summed E-state index contributed by atoms with van der Waals surface area (Å²) in [6, 6.07) is 15.6. The normalized spacial score (nSPS) is 11.4. The van der Waals surface area contributed by atoms with Gasteiger partial charge in [-0.2, -0.15) is 0 Å². The van der Waals surface area contributed by atoms with Gasteiger partial charge in [0.2, 0.25) is 0 Å². The van der Waals surface area contributed by atoms with E-state index in [1.165, 1.54) is 0 Å². The van der Waals surface area contributed by atoms with Gasteiger partial charge in [-0.1, -0.05) is 42.8 Å². The smallest absolute Gasteiger partial charge is 0.188 e. The Balaban J connectivity index is 2.37. The van der Waals surface area contributed by atoms with Crippen molar-refractivity contribution >= 4 is 17.3 Å². The van der Waals surface area contributed by atoms with Gasteiger partial charge in [-0.05, 0) is 30.7 Å². The highest BCUT2D eigenvalue weighted by molar-refractivity contribution is 5.95. The summed E-state index contributed by atoms with van der Waals surface area (Å²) < 4.78 is 0. The second-order valence-corrected chi connectivity index (χ2v) is 4.71. The third kappa shape index (κ3) is 3.72. The summed E-state index contributed by atoms with van der Waals surface area (Å²) in [6.07, 6.45) is 2.16. The van der Waals surface area contributed by atoms with Gasteiger partial charge in [0, 0.05) is 12.2 Å². The minimum absolute atomic E-state index is 0.0142. The Kier molecular flexibility index (Phi) is 5.15. The number of amidine groups is 1. The number of pyridine rings is 1. The zero-order valence-corrected chi connectivity index (χ0v) is 12.1. The summed E-state index contributed by atoms with van der Waals surface area (Å²) in [4.78, 5) is 6.62. The van der Waals surface area contributed by atoms with E-state index >= 15 is 0 Å². The molecule has 1 aromatic heterocycles. The lowest BCUT2D eigenvalue weighted by molar-refractivity contribution is 0.318. The molecule has 0 aliphatic heterocycles. The van der Waals surface area contributed by atoms with Gasteiger partial charge in [-0.3, -0.25) is 0 Å². The van der Waals surface area contributed by atoms with Gasteiger partial charge in [0.1, 0.15) is 11.5 Å². The molecule has 1 heterocycles. The lowest BCUT2D eigenvalue weighted by Gasteiger charge is -2.24. The molecule has 21 heavy (non-hydrogen) atoms. The third-order valence-corrected chi connectivity index (χ3v) is 3.18. The van der Waals surface area contributed by atoms with Gasteiger partial charge in [-0.25, -0.2) is 4.98 Å². The largest absolute Gasteiger partial charge is 0.409 e. The van der Waals surface area contributed by atoms with Crippen LogP contribution in [0.2, 0.25) is 0 Å². The van der Waals surface area contributed by atoms with Crippen molar-refractivity contribution in [1.29, 1.82) is 0 Å². The second kappa shape index (κ2) is 7.28. The van der Waals surface area contributed by atoms with E-state index in [2.05, 4.69) is 22.0 Å². The van der Waals surface area contributed by atoms with E-state index < -0.39 is 0 Å². The number of anilines is 2. The van der Waals surface area contributed by atoms with E-state index in [9.17, 15) is 0 Å². The Morgan fingerprint density at radius 3 is 2.62 bits per heavy atom. The Labute approximate surface area is 124 Å². The highest BCUT2D eigenvalue weighted by Gasteiger charge is 2.11. The first kappa shape index (κ1) is 14.8. The fourth-order valence-electron chi connectivity index (χ4n) is 2.07. The topological polar surface area (TPSA) is 74.7 Å². The molecule has 0 radical (unpaired) electrons. The first-order valence-corrected chi connectivity index (χ1v) is 7.03. The van der Waals surface area contributed by atoms with Crippen molar-refractivity contribution in [2.75, 3.05) is 11.4 Å². The van der Waals surface area contributed by atoms with Crippen molar-refractivity contribution in [3.63, 3.8) is 0 Å². The quantitative estimate of drug-likeness (QED) is 0.370. The second-order valence-electron chi connectivity index (χ2n) is 4.71. The summed E-state index contributed by atoms with van der Waals surface area (Å²) >= 11 is 0. The van der Waals surface area contributed by atoms with Crippen LogP contribution in [0.5, 0.6) is 0 Å². The summed E-state index contributed by atoms with van der Waals surface area (Å²) in [5, 5.41) is 11.8. The van der Waals surface area contributed by atoms with Crippen LogP contribution < -0.4 is 10.6 Å². The van der Waals surface area contributed by atoms with Crippen molar-refractivity contribution in [1.82, 2.24) is 4.98 Å². The molecule has 2 aromatic rings. The van der Waals surface area contributed by atoms with Crippen molar-refractivity contribution < 1.29 is 5.21 Å². The summed E-state index contributed by atoms with van der Waals surface area (Å²) in [6.45, 7) is 3.02. The average molecular weight is 284 g/mol. The zero-order valence-electron chi connectivity index (χ0n) is 12.1. The van der Waals surface area contributed by atoms with E-state index in [-0.39, 0.29) is 5.84 Å². The Morgan fingerprint density at radius 1 is 1.19 bits per heavy atom. The van der Waals surface area contributed by atoms with Gasteiger partial charge in [0.05, 0.1) is 0 Å². The zero-order chi connectivity index (χ0) is 15.1. The lowest BCUT2D eigenvalue weighted by atomic mass is 10.2. The van der Waals surface area contributed by atoms with Crippen LogP contribution in [-0.2, 0) is 0 Å². The third-order valence-electron chi connectivity index (χ3n) is 3.18. The molecule has 0 spiro atoms. The number of unbranched alkanes of at least 4 members (excludes halogenated alkanes) is 1. The molecule has 0 amide bonds. The minimum atomic E-state index is 0.0142. The van der Waals surface area contributed by atoms with Crippen LogP contribution in [0.3, 0.4) is 0 Å². The summed E-state index contributed by atoms with van der Waals surface area (Å²) in [5.74, 6) is 0.805. The van der Waals surface area contributed by atoms with Crippen molar-refractivity contribution in [2.24, 2.45) is 10.9 Å². The van der Waals surface area contributed by atoms with Gasteiger partial charge in [-0.15, -0.1) is 0 Å². The molecule has 0 fully saturated rings. The maximum Gasteiger partial charge on any atom is 0.188 e. The molecule has 2 rings (SSSR count). The molecule has 0 aliphatic rings. The maximum absolute atomic E-state index is 8.79. The van der Waals surface area contributed by atoms with Crippen LogP contribution in [0.1, 0.15) is 25.5 Å². The van der Waals surface area contributed by atoms with Gasteiger partial charge >= 0.3 is 0 Å². The molecular weight excluding hydrogens is 264 g/mol. The van der Waals surface area contributed by atoms with Crippen LogP contribution in [0.15, 0.2) is 53.7 Å². The fraction of sp³-hybridized carbons (Fsp3) is 0.250. The van der Waals surface area contributed by atoms with Crippen LogP contribution in [-0.4, -0.2) is 22.6 Å². The minimum Gasteiger partial charge on any atom is -0.409 e. The summed E-state index contributed by atoms with van der Waals surface area (Å²) in [7, 11) is 0. The highest BCUT2D eigenvalue weighted by atomic mass is 16.4. The molecule has 110 valence electrons. The SMILES string of the molecule is CCCCN(c1ccccc1)c1cccc(C(N)=NO)n1. The predicted molar refractivity (Wildman–Crippen MR) is 85.1 cm³/mol. The number of aromatic nitrogens is 1. The van der Waals surface area contributed by atoms with E-state index in [1.807, 2.05) is 42.5 Å². The van der Waals surface area contributed by atoms with Gasteiger partial charge in [0.15, 0.2) is 5.84 Å². The number of rotatable bonds is 6. The monoisotopic (exact) mass is 284 g/mol. The maximum atomic E-state index is 8.79. The number of para-hydroxylation sites is 1. The van der Waals surface area contributed by atoms with Crippen molar-refractivity contribution in [3.8, 4) is 0 Å². The number of oxime groups is 1. The Hall–Kier alpha value is -2.56. The van der Waals surface area contributed by atoms with Crippen LogP contribution >= 0.6 is 0 Å². The number of nitrogens with zero attached hydrogens (tertiary/aromatic N) is 3. The predicted octanol–water partition coefficient (Wildman–Crippen LogP) is 3.11. The van der Waals surface area contributed by atoms with E-state index in [4.69, 9.17) is 10.9 Å². The standard InChI is InChI=1S/C16H20N4O/c1-2-3-12-20(13-8-5-4-6-9-13)15-11-7-10-14(18-15)16(17)19-21/h4-11,21H,2-3,12H2,1H3,(H2,17,19). The molecule has 0 saturated heterocycles. The van der Waals surface area contributed by atoms with Gasteiger partial charge in [0.25, 0.3) is 0 Å². The van der Waals surface area contributed by atoms with Crippen LogP contribution in [0, 0.1) is 0 Å². The molecule has 1 aromatic carbocycles. The Bertz CT molecular complexity index is 598. The molecule has 0 atom stereocenters. The van der Waals surface area contributed by atoms with E-state index in [1.54, 1.807) is 6.07 Å². The molecule has 0 bridgehead atoms. The first-order chi connectivity index (χ1) is 10.3. The van der Waals surface area contributed by atoms with E-state index in [0.29, 0.717) is 5.69 Å². The van der Waals surface area contributed by atoms with Gasteiger partial charge < -0.3 is 15.8 Å². The molecule has 0 saturated carbocycles. The number of nitrogens with two attached hydrogens (primary N) is 1. The number of benzene rings is 1. The Morgan fingerprint density at radius 2 is 1.95 bits per heavy atom. The number of hydrogen-bond donors (Lipinski definition) is 2. The lowest BCUT2D eigenvalue weighted by Crippen LogP contribution is -2.22. The molecule has 5 heteroatoms. The summed E-state index contributed by atoms with van der Waals surface area (Å²) in [5.41, 5.74) is 7.17. The highest BCUT2D eigenvalue weighted by Crippen LogP contribution is 2.24.